The second kappa shape index (κ2) is 3.66. The summed E-state index contributed by atoms with van der Waals surface area (Å²) in [7, 11) is 0. The third-order valence-corrected chi connectivity index (χ3v) is 2.56. The fraction of sp³-hybridized carbons (Fsp3) is 0.167. The van der Waals surface area contributed by atoms with Gasteiger partial charge >= 0.3 is 0 Å². The number of nitrogens with two attached hydrogens (primary N) is 1. The molecule has 0 aromatic heterocycles. The molecule has 0 aliphatic heterocycles. The van der Waals surface area contributed by atoms with Crippen LogP contribution < -0.4 is 5.73 Å². The van der Waals surface area contributed by atoms with Crippen LogP contribution in [0.4, 0.5) is 0 Å². The van der Waals surface area contributed by atoms with E-state index in [1.807, 2.05) is 0 Å². The minimum absolute atomic E-state index is 0.00377. The Morgan fingerprint density at radius 2 is 1.88 bits per heavy atom. The third kappa shape index (κ3) is 1.80. The van der Waals surface area contributed by atoms with Crippen molar-refractivity contribution in [3.8, 4) is 5.75 Å². The molecule has 0 spiro atoms. The highest BCUT2D eigenvalue weighted by Crippen LogP contribution is 2.36. The van der Waals surface area contributed by atoms with E-state index in [9.17, 15) is 15.3 Å². The van der Waals surface area contributed by atoms with Crippen molar-refractivity contribution in [1.82, 2.24) is 0 Å². The second-order valence-corrected chi connectivity index (χ2v) is 3.80. The van der Waals surface area contributed by atoms with Gasteiger partial charge in [0, 0.05) is 23.3 Å². The van der Waals surface area contributed by atoms with E-state index in [4.69, 9.17) is 5.73 Å². The largest absolute Gasteiger partial charge is 0.507 e. The van der Waals surface area contributed by atoms with Gasteiger partial charge in [0.25, 0.3) is 0 Å². The molecule has 1 aliphatic carbocycles. The molecule has 2 rings (SSSR count). The van der Waals surface area contributed by atoms with E-state index in [0.29, 0.717) is 11.3 Å². The van der Waals surface area contributed by atoms with Gasteiger partial charge in [-0.1, -0.05) is 24.3 Å². The number of hydrogen-bond acceptors (Lipinski definition) is 4. The maximum absolute atomic E-state index is 9.81. The van der Waals surface area contributed by atoms with E-state index in [0.717, 1.165) is 0 Å². The lowest BCUT2D eigenvalue weighted by Crippen LogP contribution is -2.31. The highest BCUT2D eigenvalue weighted by atomic mass is 16.5. The van der Waals surface area contributed by atoms with E-state index in [1.165, 1.54) is 18.2 Å². The van der Waals surface area contributed by atoms with Crippen LogP contribution in [0.25, 0.3) is 5.57 Å². The fourth-order valence-electron chi connectivity index (χ4n) is 1.71. The molecule has 1 aromatic rings. The lowest BCUT2D eigenvalue weighted by atomic mass is 9.90. The van der Waals surface area contributed by atoms with Crippen molar-refractivity contribution in [3.63, 3.8) is 0 Å². The van der Waals surface area contributed by atoms with Crippen molar-refractivity contribution in [2.45, 2.75) is 12.2 Å². The molecule has 0 heterocycles. The average Bonchev–Trinajstić information content (AvgIpc) is 2.23. The van der Waals surface area contributed by atoms with Gasteiger partial charge in [0.2, 0.25) is 0 Å². The molecule has 16 heavy (non-hydrogen) atoms. The van der Waals surface area contributed by atoms with Gasteiger partial charge in [0.05, 0.1) is 0 Å². The second-order valence-electron chi connectivity index (χ2n) is 3.80. The molecule has 0 unspecified atom stereocenters. The van der Waals surface area contributed by atoms with Gasteiger partial charge in [-0.3, -0.25) is 0 Å². The van der Waals surface area contributed by atoms with Gasteiger partial charge < -0.3 is 21.1 Å². The lowest BCUT2D eigenvalue weighted by Gasteiger charge is -2.27. The van der Waals surface area contributed by atoms with E-state index >= 15 is 0 Å². The van der Waals surface area contributed by atoms with Gasteiger partial charge in [-0.05, 0) is 12.1 Å². The van der Waals surface area contributed by atoms with Gasteiger partial charge in [0.15, 0.2) is 5.79 Å². The normalized spacial score (nSPS) is 18.9. The molecule has 0 atom stereocenters. The molecular weight excluding hydrogens is 206 g/mol. The van der Waals surface area contributed by atoms with Crippen LogP contribution in [0.5, 0.6) is 5.75 Å². The zero-order valence-corrected chi connectivity index (χ0v) is 8.59. The zero-order chi connectivity index (χ0) is 11.8. The molecular formula is C12H13NO3. The molecule has 0 amide bonds. The lowest BCUT2D eigenvalue weighted by molar-refractivity contribution is -0.105. The molecule has 0 saturated heterocycles. The maximum atomic E-state index is 9.81. The third-order valence-electron chi connectivity index (χ3n) is 2.56. The molecule has 0 bridgehead atoms. The number of hydrogen-bond donors (Lipinski definition) is 4. The fourth-order valence-corrected chi connectivity index (χ4v) is 1.71. The Balaban J connectivity index is 2.54. The smallest absolute Gasteiger partial charge is 0.194 e. The summed E-state index contributed by atoms with van der Waals surface area (Å²) < 4.78 is 0. The number of rotatable bonds is 1. The average molecular weight is 219 g/mol. The van der Waals surface area contributed by atoms with Crippen LogP contribution in [-0.2, 0) is 0 Å². The first kappa shape index (κ1) is 10.7. The van der Waals surface area contributed by atoms with E-state index in [-0.39, 0.29) is 17.7 Å². The Morgan fingerprint density at radius 3 is 2.56 bits per heavy atom. The van der Waals surface area contributed by atoms with Crippen LogP contribution in [0.2, 0.25) is 0 Å². The number of aliphatic hydroxyl groups is 2. The zero-order valence-electron chi connectivity index (χ0n) is 8.59. The highest BCUT2D eigenvalue weighted by Gasteiger charge is 2.32. The Hall–Kier alpha value is -1.78. The van der Waals surface area contributed by atoms with Crippen molar-refractivity contribution in [3.05, 3.63) is 47.7 Å². The molecule has 0 radical (unpaired) electrons. The van der Waals surface area contributed by atoms with Gasteiger partial charge in [-0.15, -0.1) is 0 Å². The van der Waals surface area contributed by atoms with E-state index < -0.39 is 5.79 Å². The molecule has 0 saturated carbocycles. The van der Waals surface area contributed by atoms with Crippen molar-refractivity contribution in [2.24, 2.45) is 5.73 Å². The summed E-state index contributed by atoms with van der Waals surface area (Å²) in [6, 6.07) is 6.47. The van der Waals surface area contributed by atoms with Crippen LogP contribution in [-0.4, -0.2) is 21.1 Å². The summed E-state index contributed by atoms with van der Waals surface area (Å²) in [5.74, 6) is -1.99. The topological polar surface area (TPSA) is 86.7 Å². The Kier molecular flexibility index (Phi) is 2.46. The summed E-state index contributed by atoms with van der Waals surface area (Å²) in [5, 5.41) is 29.3. The number of aromatic hydroxyl groups is 1. The standard InChI is InChI=1S/C12H13NO3/c13-8-5-6-12(15,16)10(7-8)9-3-1-2-4-11(9)14/h1-5,7,14-16H,6,13H2. The van der Waals surface area contributed by atoms with Crippen molar-refractivity contribution in [1.29, 1.82) is 0 Å². The Morgan fingerprint density at radius 1 is 1.19 bits per heavy atom. The van der Waals surface area contributed by atoms with Crippen molar-refractivity contribution >= 4 is 5.57 Å². The first-order chi connectivity index (χ1) is 7.50. The van der Waals surface area contributed by atoms with Crippen LogP contribution in [0.1, 0.15) is 12.0 Å². The Labute approximate surface area is 93.0 Å². The predicted octanol–water partition coefficient (Wildman–Crippen LogP) is 0.703. The molecule has 84 valence electrons. The Bertz CT molecular complexity index is 475. The molecule has 1 aliphatic rings. The van der Waals surface area contributed by atoms with Crippen molar-refractivity contribution in [2.75, 3.05) is 0 Å². The quantitative estimate of drug-likeness (QED) is 0.524. The maximum Gasteiger partial charge on any atom is 0.194 e. The summed E-state index contributed by atoms with van der Waals surface area (Å²) >= 11 is 0. The minimum Gasteiger partial charge on any atom is -0.507 e. The van der Waals surface area contributed by atoms with Gasteiger partial charge in [0.1, 0.15) is 5.75 Å². The van der Waals surface area contributed by atoms with Crippen LogP contribution in [0, 0.1) is 0 Å². The first-order valence-electron chi connectivity index (χ1n) is 4.91. The predicted molar refractivity (Wildman–Crippen MR) is 60.1 cm³/mol. The highest BCUT2D eigenvalue weighted by molar-refractivity contribution is 5.77. The number of phenolic OH excluding ortho intramolecular Hbond substituents is 1. The summed E-state index contributed by atoms with van der Waals surface area (Å²) in [6.07, 6.45) is 3.00. The molecule has 4 nitrogen and oxygen atoms in total. The molecule has 1 aromatic carbocycles. The number of para-hydroxylation sites is 1. The molecule has 0 fully saturated rings. The number of phenols is 1. The summed E-state index contributed by atoms with van der Waals surface area (Å²) in [6.45, 7) is 0. The van der Waals surface area contributed by atoms with Crippen LogP contribution >= 0.6 is 0 Å². The number of benzene rings is 1. The first-order valence-corrected chi connectivity index (χ1v) is 4.91. The van der Waals surface area contributed by atoms with E-state index in [2.05, 4.69) is 0 Å². The van der Waals surface area contributed by atoms with Gasteiger partial charge in [-0.2, -0.15) is 0 Å². The van der Waals surface area contributed by atoms with Crippen LogP contribution in [0.3, 0.4) is 0 Å². The van der Waals surface area contributed by atoms with Crippen LogP contribution in [0.15, 0.2) is 42.1 Å². The number of allylic oxidation sites excluding steroid dienone is 1. The molecule has 5 N–H and O–H groups in total. The minimum atomic E-state index is -1.98. The molecule has 4 heteroatoms. The monoisotopic (exact) mass is 219 g/mol. The van der Waals surface area contributed by atoms with Gasteiger partial charge in [-0.25, -0.2) is 0 Å². The SMILES string of the molecule is NC1=CCC(O)(O)C(c2ccccc2O)=C1. The van der Waals surface area contributed by atoms with E-state index in [1.54, 1.807) is 18.2 Å². The summed E-state index contributed by atoms with van der Waals surface area (Å²) in [4.78, 5) is 0. The van der Waals surface area contributed by atoms with Crippen molar-refractivity contribution < 1.29 is 15.3 Å². The summed E-state index contributed by atoms with van der Waals surface area (Å²) in [5.41, 5.74) is 6.66.